The number of rotatable bonds is 5. The van der Waals surface area contributed by atoms with Gasteiger partial charge in [0.05, 0.1) is 29.9 Å². The van der Waals surface area contributed by atoms with Crippen LogP contribution in [0.3, 0.4) is 0 Å². The summed E-state index contributed by atoms with van der Waals surface area (Å²) >= 11 is 0. The van der Waals surface area contributed by atoms with Crippen molar-refractivity contribution in [2.24, 2.45) is 16.8 Å². The lowest BCUT2D eigenvalue weighted by atomic mass is 9.84. The third-order valence-electron chi connectivity index (χ3n) is 6.51. The van der Waals surface area contributed by atoms with E-state index in [9.17, 15) is 0 Å². The van der Waals surface area contributed by atoms with Gasteiger partial charge >= 0.3 is 0 Å². The maximum Gasteiger partial charge on any atom is 0.144 e. The van der Waals surface area contributed by atoms with Crippen molar-refractivity contribution in [1.82, 2.24) is 9.97 Å². The smallest absolute Gasteiger partial charge is 0.144 e. The van der Waals surface area contributed by atoms with E-state index in [1.54, 1.807) is 7.11 Å². The van der Waals surface area contributed by atoms with E-state index in [0.717, 1.165) is 34.9 Å². The second kappa shape index (κ2) is 10.2. The van der Waals surface area contributed by atoms with Crippen molar-refractivity contribution in [2.75, 3.05) is 7.11 Å². The monoisotopic (exact) mass is 419 g/mol. The number of fused-ring (bicyclic) bond motifs is 1. The Morgan fingerprint density at radius 2 is 1.94 bits per heavy atom. The summed E-state index contributed by atoms with van der Waals surface area (Å²) in [5.41, 5.74) is 6.90. The van der Waals surface area contributed by atoms with Gasteiger partial charge in [-0.1, -0.05) is 46.0 Å². The number of allylic oxidation sites excluding steroid dienone is 2. The number of aromatic nitrogens is 2. The van der Waals surface area contributed by atoms with Crippen LogP contribution in [-0.2, 0) is 0 Å². The van der Waals surface area contributed by atoms with E-state index in [-0.39, 0.29) is 0 Å². The summed E-state index contributed by atoms with van der Waals surface area (Å²) in [6, 6.07) is 6.15. The third-order valence-corrected chi connectivity index (χ3v) is 6.51. The predicted octanol–water partition coefficient (Wildman–Crippen LogP) is 7.54. The molecule has 1 atom stereocenters. The number of ether oxygens (including phenoxy) is 1. The molecule has 0 fully saturated rings. The van der Waals surface area contributed by atoms with Crippen LogP contribution in [-0.4, -0.2) is 22.8 Å². The van der Waals surface area contributed by atoms with Crippen molar-refractivity contribution in [1.29, 1.82) is 0 Å². The zero-order valence-electron chi connectivity index (χ0n) is 19.3. The fourth-order valence-corrected chi connectivity index (χ4v) is 4.96. The molecule has 2 aromatic rings. The normalized spacial score (nSPS) is 21.5. The van der Waals surface area contributed by atoms with E-state index in [2.05, 4.69) is 48.1 Å². The topological polar surface area (TPSA) is 53.2 Å². The number of nitrogens with one attached hydrogen (secondary N) is 2. The lowest BCUT2D eigenvalue weighted by Gasteiger charge is -2.21. The summed E-state index contributed by atoms with van der Waals surface area (Å²) < 4.78 is 5.70. The van der Waals surface area contributed by atoms with Gasteiger partial charge in [0.15, 0.2) is 0 Å². The molecule has 0 amide bonds. The van der Waals surface area contributed by atoms with Crippen molar-refractivity contribution in [2.45, 2.75) is 71.6 Å². The minimum atomic E-state index is 0.579. The number of aromatic amines is 2. The Morgan fingerprint density at radius 1 is 1.13 bits per heavy atom. The first-order chi connectivity index (χ1) is 15.1. The van der Waals surface area contributed by atoms with Crippen LogP contribution >= 0.6 is 0 Å². The number of nitrogens with zero attached hydrogens (tertiary/aromatic N) is 1. The molecule has 0 aromatic carbocycles. The largest absolute Gasteiger partial charge is 0.494 e. The van der Waals surface area contributed by atoms with Gasteiger partial charge in [-0.3, -0.25) is 4.99 Å². The molecule has 1 aliphatic carbocycles. The van der Waals surface area contributed by atoms with Gasteiger partial charge in [-0.05, 0) is 67.4 Å². The Balaban J connectivity index is 1.69. The lowest BCUT2D eigenvalue weighted by molar-refractivity contribution is 0.414. The van der Waals surface area contributed by atoms with Crippen molar-refractivity contribution in [3.63, 3.8) is 0 Å². The number of hydrogen-bond donors (Lipinski definition) is 2. The molecule has 3 heterocycles. The highest BCUT2D eigenvalue weighted by atomic mass is 16.5. The molecule has 0 radical (unpaired) electrons. The average molecular weight is 420 g/mol. The molecular formula is C27H37N3O. The van der Waals surface area contributed by atoms with E-state index >= 15 is 0 Å². The molecule has 4 nitrogen and oxygen atoms in total. The molecule has 4 heteroatoms. The maximum atomic E-state index is 5.70. The van der Waals surface area contributed by atoms with E-state index in [4.69, 9.17) is 9.73 Å². The Morgan fingerprint density at radius 3 is 2.68 bits per heavy atom. The Labute approximate surface area is 186 Å². The van der Waals surface area contributed by atoms with Crippen LogP contribution < -0.4 is 4.74 Å². The molecule has 0 spiro atoms. The standard InChI is InChI=1S/C27H37N3O/c1-19(2)15-20-11-8-6-4-5-7-9-12-21-16-22(20)24(29-21)17-26-27(31-3)18-25(30-26)23-13-10-14-28-23/h10,13-14,16-20,28,30H,4-9,11-12,15H2,1-3H3/b24-17-/t20-/m1/s1. The lowest BCUT2D eigenvalue weighted by Crippen LogP contribution is -2.09. The van der Waals surface area contributed by atoms with Crippen molar-refractivity contribution < 1.29 is 4.74 Å². The molecule has 2 bridgehead atoms. The number of methoxy groups -OCH3 is 1. The molecule has 166 valence electrons. The maximum absolute atomic E-state index is 5.70. The summed E-state index contributed by atoms with van der Waals surface area (Å²) in [5.74, 6) is 2.12. The molecule has 0 saturated heterocycles. The summed E-state index contributed by atoms with van der Waals surface area (Å²) in [7, 11) is 1.74. The summed E-state index contributed by atoms with van der Waals surface area (Å²) in [6.07, 6.45) is 18.1. The SMILES string of the molecule is COc1cc(-c2ccc[nH]2)[nH]c1/C=C1\N=C2C=C1[C@@H](CC(C)C)CCCCCCCC2. The highest BCUT2D eigenvalue weighted by Crippen LogP contribution is 2.38. The second-order valence-corrected chi connectivity index (χ2v) is 9.47. The van der Waals surface area contributed by atoms with Gasteiger partial charge in [-0.25, -0.2) is 0 Å². The molecular weight excluding hydrogens is 382 g/mol. The second-order valence-electron chi connectivity index (χ2n) is 9.47. The van der Waals surface area contributed by atoms with E-state index in [1.807, 2.05) is 12.3 Å². The predicted molar refractivity (Wildman–Crippen MR) is 131 cm³/mol. The van der Waals surface area contributed by atoms with E-state index in [1.165, 1.54) is 62.7 Å². The van der Waals surface area contributed by atoms with Crippen LogP contribution in [0.5, 0.6) is 5.75 Å². The number of aliphatic imine (C=N–C) groups is 1. The Kier molecular flexibility index (Phi) is 7.16. The summed E-state index contributed by atoms with van der Waals surface area (Å²) in [4.78, 5) is 11.9. The highest BCUT2D eigenvalue weighted by Gasteiger charge is 2.25. The molecule has 2 aliphatic rings. The third kappa shape index (κ3) is 5.41. The fraction of sp³-hybridized carbons (Fsp3) is 0.519. The summed E-state index contributed by atoms with van der Waals surface area (Å²) in [5, 5.41) is 0. The first kappa shape index (κ1) is 21.7. The van der Waals surface area contributed by atoms with Gasteiger partial charge < -0.3 is 14.7 Å². The van der Waals surface area contributed by atoms with Crippen molar-refractivity contribution in [3.8, 4) is 17.1 Å². The van der Waals surface area contributed by atoms with Gasteiger partial charge in [0.25, 0.3) is 0 Å². The zero-order chi connectivity index (χ0) is 21.6. The minimum Gasteiger partial charge on any atom is -0.494 e. The first-order valence-electron chi connectivity index (χ1n) is 12.1. The van der Waals surface area contributed by atoms with Crippen LogP contribution in [0, 0.1) is 11.8 Å². The van der Waals surface area contributed by atoms with Crippen LogP contribution in [0.1, 0.15) is 77.3 Å². The van der Waals surface area contributed by atoms with Crippen molar-refractivity contribution in [3.05, 3.63) is 47.4 Å². The highest BCUT2D eigenvalue weighted by molar-refractivity contribution is 6.00. The van der Waals surface area contributed by atoms with E-state index in [0.29, 0.717) is 11.8 Å². The van der Waals surface area contributed by atoms with Crippen LogP contribution in [0.2, 0.25) is 0 Å². The molecule has 1 aliphatic heterocycles. The van der Waals surface area contributed by atoms with Gasteiger partial charge in [-0.2, -0.15) is 0 Å². The number of H-pyrrole nitrogens is 2. The number of hydrogen-bond acceptors (Lipinski definition) is 2. The average Bonchev–Trinajstić information content (AvgIpc) is 3.47. The molecule has 2 N–H and O–H groups in total. The van der Waals surface area contributed by atoms with Gasteiger partial charge in [0, 0.05) is 18.0 Å². The quantitative estimate of drug-likeness (QED) is 0.517. The van der Waals surface area contributed by atoms with Crippen LogP contribution in [0.25, 0.3) is 17.5 Å². The van der Waals surface area contributed by atoms with Crippen LogP contribution in [0.4, 0.5) is 0 Å². The molecule has 0 unspecified atom stereocenters. The fourth-order valence-electron chi connectivity index (χ4n) is 4.96. The van der Waals surface area contributed by atoms with Crippen molar-refractivity contribution >= 4 is 11.8 Å². The molecule has 31 heavy (non-hydrogen) atoms. The first-order valence-corrected chi connectivity index (χ1v) is 12.1. The van der Waals surface area contributed by atoms with Gasteiger partial charge in [-0.15, -0.1) is 0 Å². The van der Waals surface area contributed by atoms with Gasteiger partial charge in [0.2, 0.25) is 0 Å². The Hall–Kier alpha value is -2.49. The van der Waals surface area contributed by atoms with Gasteiger partial charge in [0.1, 0.15) is 5.75 Å². The molecule has 0 saturated carbocycles. The molecule has 4 rings (SSSR count). The van der Waals surface area contributed by atoms with E-state index < -0.39 is 0 Å². The van der Waals surface area contributed by atoms with Crippen LogP contribution in [0.15, 0.2) is 46.7 Å². The minimum absolute atomic E-state index is 0.579. The molecule has 2 aromatic heterocycles. The summed E-state index contributed by atoms with van der Waals surface area (Å²) in [6.45, 7) is 4.68. The Bertz CT molecular complexity index is 943. The zero-order valence-corrected chi connectivity index (χ0v) is 19.3.